The normalized spacial score (nSPS) is 14.8. The lowest BCUT2D eigenvalue weighted by atomic mass is 10.1. The van der Waals surface area contributed by atoms with Crippen LogP contribution < -0.4 is 4.90 Å². The van der Waals surface area contributed by atoms with Crippen LogP contribution in [0.15, 0.2) is 18.2 Å². The minimum Gasteiger partial charge on any atom is -0.366 e. The van der Waals surface area contributed by atoms with Gasteiger partial charge in [0.05, 0.1) is 0 Å². The number of hydrogen-bond donors (Lipinski definition) is 0. The van der Waals surface area contributed by atoms with Crippen LogP contribution in [0.25, 0.3) is 0 Å². The maximum absolute atomic E-state index is 5.97. The van der Waals surface area contributed by atoms with E-state index >= 15 is 0 Å². The maximum Gasteiger partial charge on any atom is 0.0410 e. The highest BCUT2D eigenvalue weighted by atomic mass is 35.5. The summed E-state index contributed by atoms with van der Waals surface area (Å²) in [5, 5.41) is 0.847. The summed E-state index contributed by atoms with van der Waals surface area (Å²) in [6, 6.07) is 6.20. The highest BCUT2D eigenvalue weighted by Gasteiger charge is 2.27. The lowest BCUT2D eigenvalue weighted by Crippen LogP contribution is -2.40. The predicted molar refractivity (Wildman–Crippen MR) is 69.0 cm³/mol. The first-order valence-corrected chi connectivity index (χ1v) is 5.42. The number of benzene rings is 1. The molecule has 0 amide bonds. The Bertz CT molecular complexity index is 352. The summed E-state index contributed by atoms with van der Waals surface area (Å²) >= 11 is 5.97. The molecule has 0 spiro atoms. The van der Waals surface area contributed by atoms with Gasteiger partial charge >= 0.3 is 0 Å². The molecule has 0 N–H and O–H groups in total. The quantitative estimate of drug-likeness (QED) is 0.642. The third-order valence-corrected chi connectivity index (χ3v) is 2.98. The van der Waals surface area contributed by atoms with Crippen LogP contribution in [0.2, 0.25) is 5.02 Å². The van der Waals surface area contributed by atoms with Crippen molar-refractivity contribution >= 4 is 17.3 Å². The van der Waals surface area contributed by atoms with Crippen molar-refractivity contribution in [3.63, 3.8) is 0 Å². The molecule has 1 heterocycles. The van der Waals surface area contributed by atoms with Gasteiger partial charge in [-0.2, -0.15) is 0 Å². The monoisotopic (exact) mass is 225 g/mol. The van der Waals surface area contributed by atoms with E-state index in [9.17, 15) is 0 Å². The summed E-state index contributed by atoms with van der Waals surface area (Å²) in [4.78, 5) is 2.44. The van der Waals surface area contributed by atoms with E-state index in [0.29, 0.717) is 0 Å². The van der Waals surface area contributed by atoms with E-state index in [2.05, 4.69) is 37.8 Å². The van der Waals surface area contributed by atoms with Gasteiger partial charge in [-0.1, -0.05) is 19.0 Å². The van der Waals surface area contributed by atoms with Crippen molar-refractivity contribution in [3.8, 4) is 0 Å². The second-order valence-electron chi connectivity index (χ2n) is 4.85. The van der Waals surface area contributed by atoms with Gasteiger partial charge in [-0.05, 0) is 51.0 Å². The summed E-state index contributed by atoms with van der Waals surface area (Å²) in [5.41, 5.74) is 2.94. The van der Waals surface area contributed by atoms with Gasteiger partial charge < -0.3 is 4.90 Å². The van der Waals surface area contributed by atoms with Gasteiger partial charge in [-0.3, -0.25) is 0 Å². The Labute approximate surface area is 98.0 Å². The summed E-state index contributed by atoms with van der Waals surface area (Å²) in [7, 11) is 0. The van der Waals surface area contributed by atoms with E-state index in [-0.39, 0.29) is 13.0 Å². The van der Waals surface area contributed by atoms with E-state index in [0.717, 1.165) is 18.0 Å². The Morgan fingerprint density at radius 3 is 2.53 bits per heavy atom. The van der Waals surface area contributed by atoms with Gasteiger partial charge in [0.1, 0.15) is 0 Å². The zero-order chi connectivity index (χ0) is 10.3. The third-order valence-electron chi connectivity index (χ3n) is 2.75. The van der Waals surface area contributed by atoms with Crippen molar-refractivity contribution in [2.24, 2.45) is 0 Å². The zero-order valence-electron chi connectivity index (χ0n) is 8.97. The van der Waals surface area contributed by atoms with Crippen molar-refractivity contribution in [2.75, 3.05) is 11.4 Å². The number of hydrogen-bond acceptors (Lipinski definition) is 1. The molecular formula is C13H20ClN. The molecule has 2 rings (SSSR count). The van der Waals surface area contributed by atoms with Crippen LogP contribution in [0.4, 0.5) is 5.69 Å². The largest absolute Gasteiger partial charge is 0.366 e. The number of rotatable bonds is 0. The first kappa shape index (κ1) is 12.4. The van der Waals surface area contributed by atoms with Crippen LogP contribution >= 0.6 is 11.6 Å². The van der Waals surface area contributed by atoms with Crippen LogP contribution in [-0.2, 0) is 6.42 Å². The van der Waals surface area contributed by atoms with Gasteiger partial charge in [-0.25, -0.2) is 0 Å². The summed E-state index contributed by atoms with van der Waals surface area (Å²) in [5.74, 6) is 0. The number of nitrogens with zero attached hydrogens (tertiary/aromatic N) is 1. The molecule has 0 saturated carbocycles. The topological polar surface area (TPSA) is 3.24 Å². The Morgan fingerprint density at radius 2 is 1.93 bits per heavy atom. The first-order chi connectivity index (χ1) is 6.48. The lowest BCUT2D eigenvalue weighted by molar-refractivity contribution is 0.518. The molecule has 0 unspecified atom stereocenters. The average Bonchev–Trinajstić information content (AvgIpc) is 2.45. The highest BCUT2D eigenvalue weighted by molar-refractivity contribution is 6.30. The Balaban J connectivity index is 0.00000112. The van der Waals surface area contributed by atoms with Crippen LogP contribution in [0.5, 0.6) is 0 Å². The molecule has 0 bridgehead atoms. The molecule has 1 aliphatic rings. The Kier molecular flexibility index (Phi) is 3.34. The minimum absolute atomic E-state index is 0. The average molecular weight is 226 g/mol. The van der Waals surface area contributed by atoms with Crippen molar-refractivity contribution in [3.05, 3.63) is 28.8 Å². The molecule has 0 atom stereocenters. The second kappa shape index (κ2) is 4.05. The SMILES string of the molecule is C.CC(C)(C)N1CCc2cc(Cl)ccc21. The van der Waals surface area contributed by atoms with Crippen molar-refractivity contribution < 1.29 is 0 Å². The summed E-state index contributed by atoms with van der Waals surface area (Å²) in [6.07, 6.45) is 1.12. The molecule has 2 heteroatoms. The molecule has 84 valence electrons. The molecular weight excluding hydrogens is 206 g/mol. The van der Waals surface area contributed by atoms with Gasteiger partial charge in [0.25, 0.3) is 0 Å². The predicted octanol–water partition coefficient (Wildman–Crippen LogP) is 4.14. The van der Waals surface area contributed by atoms with Crippen molar-refractivity contribution in [1.82, 2.24) is 0 Å². The van der Waals surface area contributed by atoms with Crippen molar-refractivity contribution in [2.45, 2.75) is 40.2 Å². The molecule has 1 aromatic rings. The van der Waals surface area contributed by atoms with E-state index in [4.69, 9.17) is 11.6 Å². The molecule has 0 fully saturated rings. The van der Waals surface area contributed by atoms with Crippen LogP contribution in [0, 0.1) is 0 Å². The molecule has 0 aliphatic carbocycles. The molecule has 0 aromatic heterocycles. The van der Waals surface area contributed by atoms with E-state index in [1.807, 2.05) is 6.07 Å². The van der Waals surface area contributed by atoms with Crippen LogP contribution in [0.1, 0.15) is 33.8 Å². The number of anilines is 1. The van der Waals surface area contributed by atoms with E-state index in [1.165, 1.54) is 11.3 Å². The van der Waals surface area contributed by atoms with Crippen molar-refractivity contribution in [1.29, 1.82) is 0 Å². The molecule has 0 radical (unpaired) electrons. The second-order valence-corrected chi connectivity index (χ2v) is 5.28. The van der Waals surface area contributed by atoms with Crippen LogP contribution in [0.3, 0.4) is 0 Å². The molecule has 1 aliphatic heterocycles. The molecule has 15 heavy (non-hydrogen) atoms. The Morgan fingerprint density at radius 1 is 1.27 bits per heavy atom. The van der Waals surface area contributed by atoms with Crippen LogP contribution in [-0.4, -0.2) is 12.1 Å². The van der Waals surface area contributed by atoms with Gasteiger partial charge in [0, 0.05) is 22.8 Å². The van der Waals surface area contributed by atoms with E-state index in [1.54, 1.807) is 0 Å². The first-order valence-electron chi connectivity index (χ1n) is 5.04. The fraction of sp³-hybridized carbons (Fsp3) is 0.538. The number of fused-ring (bicyclic) bond motifs is 1. The Hall–Kier alpha value is -0.690. The fourth-order valence-electron chi connectivity index (χ4n) is 2.07. The summed E-state index contributed by atoms with van der Waals surface area (Å²) < 4.78 is 0. The van der Waals surface area contributed by atoms with E-state index < -0.39 is 0 Å². The molecule has 0 saturated heterocycles. The highest BCUT2D eigenvalue weighted by Crippen LogP contribution is 2.34. The number of halogens is 1. The maximum atomic E-state index is 5.97. The third kappa shape index (κ3) is 2.28. The smallest absolute Gasteiger partial charge is 0.0410 e. The summed E-state index contributed by atoms with van der Waals surface area (Å²) in [6.45, 7) is 7.85. The fourth-order valence-corrected chi connectivity index (χ4v) is 2.26. The zero-order valence-corrected chi connectivity index (χ0v) is 9.73. The standard InChI is InChI=1S/C12H16ClN.CH4/c1-12(2,3)14-7-6-9-8-10(13)4-5-11(9)14;/h4-5,8H,6-7H2,1-3H3;1H4. The molecule has 1 aromatic carbocycles. The minimum atomic E-state index is 0. The van der Waals surface area contributed by atoms with Gasteiger partial charge in [0.15, 0.2) is 0 Å². The van der Waals surface area contributed by atoms with Gasteiger partial charge in [-0.15, -0.1) is 0 Å². The molecule has 1 nitrogen and oxygen atoms in total. The lowest BCUT2D eigenvalue weighted by Gasteiger charge is -2.34. The van der Waals surface area contributed by atoms with Gasteiger partial charge in [0.2, 0.25) is 0 Å².